The molecule has 0 bridgehead atoms. The number of fused-ring (bicyclic) bond motifs is 1. The number of benzene rings is 3. The van der Waals surface area contributed by atoms with Gasteiger partial charge in [0.1, 0.15) is 6.10 Å². The Bertz CT molecular complexity index is 1850. The fraction of sp³-hybridized carbons (Fsp3) is 0.378. The average Bonchev–Trinajstić information content (AvgIpc) is 3.32. The van der Waals surface area contributed by atoms with Gasteiger partial charge in [-0.25, -0.2) is 4.79 Å². The van der Waals surface area contributed by atoms with Crippen LogP contribution in [0.3, 0.4) is 0 Å². The van der Waals surface area contributed by atoms with Crippen LogP contribution in [0.15, 0.2) is 72.9 Å². The number of methoxy groups -OCH3 is 2. The van der Waals surface area contributed by atoms with Gasteiger partial charge in [-0.2, -0.15) is 13.2 Å². The quantitative estimate of drug-likeness (QED) is 0.0684. The Kier molecular flexibility index (Phi) is 11.6. The SMILES string of the molecule is CCOC(=O)/C=C/c1cc(OC)c(OC2CCCN(CC(O)(c3cn(Cc4ccccc4)c4cc([N+](=O)[O-])ccc34)C(F)(F)F)CC2)c(OC)c1. The lowest BCUT2D eigenvalue weighted by molar-refractivity contribution is -0.384. The third-order valence-electron chi connectivity index (χ3n) is 8.87. The zero-order valence-electron chi connectivity index (χ0n) is 28.5. The molecule has 2 atom stereocenters. The Labute approximate surface area is 292 Å². The Morgan fingerprint density at radius 3 is 2.37 bits per heavy atom. The second-order valence-corrected chi connectivity index (χ2v) is 12.3. The van der Waals surface area contributed by atoms with Gasteiger partial charge < -0.3 is 28.6 Å². The number of carbonyl (C=O) groups excluding carboxylic acids is 1. The van der Waals surface area contributed by atoms with Gasteiger partial charge in [-0.1, -0.05) is 30.3 Å². The molecular formula is C37H40F3N3O8. The largest absolute Gasteiger partial charge is 0.493 e. The number of hydrogen-bond acceptors (Lipinski definition) is 9. The van der Waals surface area contributed by atoms with Gasteiger partial charge >= 0.3 is 12.1 Å². The van der Waals surface area contributed by atoms with Crippen LogP contribution < -0.4 is 14.2 Å². The Hall–Kier alpha value is -5.08. The Balaban J connectivity index is 1.39. The van der Waals surface area contributed by atoms with Gasteiger partial charge in [0.15, 0.2) is 11.5 Å². The molecule has 0 saturated carbocycles. The molecule has 5 rings (SSSR count). The first kappa shape index (κ1) is 37.2. The number of aromatic nitrogens is 1. The van der Waals surface area contributed by atoms with Gasteiger partial charge in [0.2, 0.25) is 11.4 Å². The predicted octanol–water partition coefficient (Wildman–Crippen LogP) is 6.87. The van der Waals surface area contributed by atoms with E-state index < -0.39 is 35.3 Å². The van der Waals surface area contributed by atoms with Gasteiger partial charge in [-0.05, 0) is 68.1 Å². The second-order valence-electron chi connectivity index (χ2n) is 12.3. The number of halogens is 3. The van der Waals surface area contributed by atoms with E-state index in [0.29, 0.717) is 42.1 Å². The molecule has 2 unspecified atom stereocenters. The summed E-state index contributed by atoms with van der Waals surface area (Å²) in [6.45, 7) is 1.78. The predicted molar refractivity (Wildman–Crippen MR) is 184 cm³/mol. The van der Waals surface area contributed by atoms with Crippen molar-refractivity contribution in [2.75, 3.05) is 40.5 Å². The van der Waals surface area contributed by atoms with Crippen LogP contribution >= 0.6 is 0 Å². The first-order valence-corrected chi connectivity index (χ1v) is 16.5. The number of rotatable bonds is 13. The summed E-state index contributed by atoms with van der Waals surface area (Å²) in [4.78, 5) is 24.3. The molecule has 4 aromatic rings. The molecule has 1 N–H and O–H groups in total. The van der Waals surface area contributed by atoms with Crippen molar-refractivity contribution < 1.29 is 46.9 Å². The zero-order chi connectivity index (χ0) is 36.8. The van der Waals surface area contributed by atoms with Crippen molar-refractivity contribution in [3.8, 4) is 17.2 Å². The van der Waals surface area contributed by atoms with Crippen LogP contribution in [0.25, 0.3) is 17.0 Å². The van der Waals surface area contributed by atoms with Crippen molar-refractivity contribution >= 4 is 28.6 Å². The van der Waals surface area contributed by atoms with Gasteiger partial charge in [-0.15, -0.1) is 0 Å². The zero-order valence-corrected chi connectivity index (χ0v) is 28.5. The summed E-state index contributed by atoms with van der Waals surface area (Å²) in [6.07, 6.45) is -0.0683. The summed E-state index contributed by atoms with van der Waals surface area (Å²) in [5.41, 5.74) is -2.35. The van der Waals surface area contributed by atoms with Gasteiger partial charge in [0.25, 0.3) is 5.69 Å². The van der Waals surface area contributed by atoms with Crippen LogP contribution in [0.1, 0.15) is 42.9 Å². The second kappa shape index (κ2) is 15.9. The highest BCUT2D eigenvalue weighted by Gasteiger charge is 2.57. The lowest BCUT2D eigenvalue weighted by Crippen LogP contribution is -2.51. The molecule has 0 aliphatic carbocycles. The number of likely N-dealkylation sites (tertiary alicyclic amines) is 1. The van der Waals surface area contributed by atoms with Crippen molar-refractivity contribution in [1.29, 1.82) is 0 Å². The number of aliphatic hydroxyl groups is 1. The molecule has 0 radical (unpaired) electrons. The van der Waals surface area contributed by atoms with Crippen LogP contribution in [0.4, 0.5) is 18.9 Å². The van der Waals surface area contributed by atoms with Gasteiger partial charge in [0.05, 0.1) is 31.3 Å². The van der Waals surface area contributed by atoms with Crippen molar-refractivity contribution in [2.45, 2.75) is 50.6 Å². The summed E-state index contributed by atoms with van der Waals surface area (Å²) in [5, 5.41) is 23.3. The van der Waals surface area contributed by atoms with Crippen LogP contribution in [0.2, 0.25) is 0 Å². The molecule has 1 saturated heterocycles. The van der Waals surface area contributed by atoms with Gasteiger partial charge in [-0.3, -0.25) is 15.0 Å². The molecule has 2 heterocycles. The lowest BCUT2D eigenvalue weighted by Gasteiger charge is -2.35. The number of ether oxygens (including phenoxy) is 4. The van der Waals surface area contributed by atoms with E-state index in [-0.39, 0.29) is 48.4 Å². The number of carbonyl (C=O) groups is 1. The van der Waals surface area contributed by atoms with E-state index in [9.17, 15) is 20.0 Å². The topological polar surface area (TPSA) is 126 Å². The number of nitro groups is 1. The normalized spacial score (nSPS) is 16.8. The molecule has 14 heteroatoms. The fourth-order valence-corrected chi connectivity index (χ4v) is 6.32. The Morgan fingerprint density at radius 2 is 1.75 bits per heavy atom. The molecule has 1 aliphatic heterocycles. The maximum absolute atomic E-state index is 15.0. The summed E-state index contributed by atoms with van der Waals surface area (Å²) in [5.74, 6) is 0.507. The van der Waals surface area contributed by atoms with Gasteiger partial charge in [0, 0.05) is 55.0 Å². The molecule has 0 amide bonds. The summed E-state index contributed by atoms with van der Waals surface area (Å²) >= 11 is 0. The molecular weight excluding hydrogens is 671 g/mol. The molecule has 11 nitrogen and oxygen atoms in total. The standard InChI is InChI=1S/C37H40F3N3O8/c1-4-50-34(44)15-12-26-19-32(48-2)35(33(20-26)49-3)51-28-11-8-17-41(18-16-28)24-36(45,37(38,39)40)30-23-42(22-25-9-6-5-7-10-25)31-21-27(43(46)47)13-14-29(30)31/h5-7,9-10,12-15,19-21,23,28,45H,4,8,11,16-18,22,24H2,1-3H3/b15-12+. The maximum atomic E-state index is 15.0. The van der Waals surface area contributed by atoms with Crippen LogP contribution in [0, 0.1) is 10.1 Å². The van der Waals surface area contributed by atoms with E-state index >= 15 is 13.2 Å². The smallest absolute Gasteiger partial charge is 0.422 e. The number of hydrogen-bond donors (Lipinski definition) is 1. The number of β-amino-alcohol motifs (C(OH)–C–C–N with tert-alkyl or cyclic N) is 1. The van der Waals surface area contributed by atoms with Crippen LogP contribution in [-0.2, 0) is 21.7 Å². The summed E-state index contributed by atoms with van der Waals surface area (Å²) in [6, 6.07) is 16.0. The van der Waals surface area contributed by atoms with E-state index in [2.05, 4.69) is 0 Å². The average molecular weight is 712 g/mol. The molecule has 1 fully saturated rings. The number of nitrogens with zero attached hydrogens (tertiary/aromatic N) is 3. The minimum Gasteiger partial charge on any atom is -0.493 e. The third kappa shape index (κ3) is 8.46. The number of esters is 1. The third-order valence-corrected chi connectivity index (χ3v) is 8.87. The lowest BCUT2D eigenvalue weighted by atomic mass is 9.91. The van der Waals surface area contributed by atoms with E-state index in [0.717, 1.165) is 11.6 Å². The highest BCUT2D eigenvalue weighted by molar-refractivity contribution is 5.88. The molecule has 272 valence electrons. The highest BCUT2D eigenvalue weighted by Crippen LogP contribution is 2.45. The van der Waals surface area contributed by atoms with Crippen molar-refractivity contribution in [1.82, 2.24) is 9.47 Å². The van der Waals surface area contributed by atoms with E-state index in [1.165, 1.54) is 43.2 Å². The van der Waals surface area contributed by atoms with Crippen molar-refractivity contribution in [3.63, 3.8) is 0 Å². The monoisotopic (exact) mass is 711 g/mol. The Morgan fingerprint density at radius 1 is 1.04 bits per heavy atom. The maximum Gasteiger partial charge on any atom is 0.422 e. The first-order chi connectivity index (χ1) is 24.4. The summed E-state index contributed by atoms with van der Waals surface area (Å²) < 4.78 is 69.0. The van der Waals surface area contributed by atoms with E-state index in [1.54, 1.807) is 54.3 Å². The van der Waals surface area contributed by atoms with Crippen molar-refractivity contribution in [3.05, 3.63) is 99.7 Å². The first-order valence-electron chi connectivity index (χ1n) is 16.5. The van der Waals surface area contributed by atoms with E-state index in [4.69, 9.17) is 18.9 Å². The summed E-state index contributed by atoms with van der Waals surface area (Å²) in [7, 11) is 2.92. The number of nitro benzene ring substituents is 1. The molecule has 51 heavy (non-hydrogen) atoms. The minimum atomic E-state index is -5.08. The minimum absolute atomic E-state index is 0.0760. The molecule has 1 aromatic heterocycles. The number of alkyl halides is 3. The van der Waals surface area contributed by atoms with Crippen LogP contribution in [0.5, 0.6) is 17.2 Å². The highest BCUT2D eigenvalue weighted by atomic mass is 19.4. The molecule has 3 aromatic carbocycles. The molecule has 0 spiro atoms. The van der Waals surface area contributed by atoms with Crippen molar-refractivity contribution in [2.24, 2.45) is 0 Å². The number of non-ortho nitro benzene ring substituents is 1. The van der Waals surface area contributed by atoms with E-state index in [1.807, 2.05) is 6.07 Å². The van der Waals surface area contributed by atoms with Crippen LogP contribution in [-0.4, -0.2) is 78.2 Å². The molecule has 1 aliphatic rings. The fourth-order valence-electron chi connectivity index (χ4n) is 6.32.